The number of nitriles is 1. The predicted molar refractivity (Wildman–Crippen MR) is 150 cm³/mol. The fourth-order valence-electron chi connectivity index (χ4n) is 5.21. The Labute approximate surface area is 226 Å². The third kappa shape index (κ3) is 7.08. The number of carbonyl (C=O) groups excluding carboxylic acids is 2. The summed E-state index contributed by atoms with van der Waals surface area (Å²) in [6.45, 7) is 4.92. The van der Waals surface area contributed by atoms with E-state index >= 15 is 0 Å². The van der Waals surface area contributed by atoms with Gasteiger partial charge in [-0.15, -0.1) is 0 Å². The molecule has 38 heavy (non-hydrogen) atoms. The van der Waals surface area contributed by atoms with Gasteiger partial charge in [0, 0.05) is 36.8 Å². The zero-order valence-electron chi connectivity index (χ0n) is 22.8. The van der Waals surface area contributed by atoms with Crippen molar-refractivity contribution in [3.05, 3.63) is 71.0 Å². The molecule has 1 saturated carbocycles. The molecule has 1 aromatic carbocycles. The first-order valence-corrected chi connectivity index (χ1v) is 13.8. The number of unbranched alkanes of at least 4 members (excludes halogenated alkanes) is 1. The highest BCUT2D eigenvalue weighted by atomic mass is 16.2. The minimum absolute atomic E-state index is 0.136. The van der Waals surface area contributed by atoms with Crippen LogP contribution < -0.4 is 5.32 Å². The van der Waals surface area contributed by atoms with E-state index in [0.29, 0.717) is 22.9 Å². The van der Waals surface area contributed by atoms with Crippen LogP contribution in [-0.4, -0.2) is 47.4 Å². The average molecular weight is 517 g/mol. The van der Waals surface area contributed by atoms with Crippen molar-refractivity contribution in [2.45, 2.75) is 71.3 Å². The molecule has 0 saturated heterocycles. The van der Waals surface area contributed by atoms with Crippen molar-refractivity contribution in [1.29, 1.82) is 5.26 Å². The van der Waals surface area contributed by atoms with Crippen molar-refractivity contribution in [2.75, 3.05) is 13.7 Å². The second-order valence-electron chi connectivity index (χ2n) is 9.98. The molecule has 7 nitrogen and oxygen atoms in total. The minimum atomic E-state index is -0.250. The Kier molecular flexibility index (Phi) is 11.0. The van der Waals surface area contributed by atoms with Gasteiger partial charge >= 0.3 is 0 Å². The fraction of sp³-hybridized carbons (Fsp3) is 0.484. The molecule has 1 aromatic rings. The van der Waals surface area contributed by atoms with Gasteiger partial charge in [-0.1, -0.05) is 64.2 Å². The van der Waals surface area contributed by atoms with Gasteiger partial charge in [0.05, 0.1) is 11.6 Å². The van der Waals surface area contributed by atoms with Gasteiger partial charge in [-0.05, 0) is 55.2 Å². The van der Waals surface area contributed by atoms with Gasteiger partial charge < -0.3 is 10.0 Å². The van der Waals surface area contributed by atoms with Gasteiger partial charge in [0.2, 0.25) is 5.96 Å². The molecular weight excluding hydrogens is 476 g/mol. The van der Waals surface area contributed by atoms with Gasteiger partial charge in [-0.3, -0.25) is 14.9 Å². The zero-order valence-corrected chi connectivity index (χ0v) is 22.8. The summed E-state index contributed by atoms with van der Waals surface area (Å²) in [7, 11) is 1.00. The normalized spacial score (nSPS) is 19.8. The molecule has 0 bridgehead atoms. The van der Waals surface area contributed by atoms with E-state index in [1.165, 1.54) is 12.8 Å². The number of fused-ring (bicyclic) bond motifs is 1. The number of benzene rings is 1. The lowest BCUT2D eigenvalue weighted by Gasteiger charge is -2.23. The lowest BCUT2D eigenvalue weighted by molar-refractivity contribution is -0.125. The number of rotatable bonds is 7. The molecule has 2 atom stereocenters. The first-order valence-electron chi connectivity index (χ1n) is 13.8. The first kappa shape index (κ1) is 29.1. The maximum absolute atomic E-state index is 13.3. The molecule has 2 aliphatic carbocycles. The molecule has 0 radical (unpaired) electrons. The Balaban J connectivity index is 0.00000195. The van der Waals surface area contributed by atoms with E-state index in [2.05, 4.69) is 35.4 Å². The van der Waals surface area contributed by atoms with Gasteiger partial charge in [0.25, 0.3) is 5.91 Å². The lowest BCUT2D eigenvalue weighted by Crippen LogP contribution is -2.41. The van der Waals surface area contributed by atoms with Crippen molar-refractivity contribution in [2.24, 2.45) is 16.8 Å². The largest absolute Gasteiger partial charge is 0.400 e. The molecule has 0 spiro atoms. The standard InChI is InChI=1S/C30H36N4O2.CH4O/c1-3-4-19-34-27-18-16-23(21(2)28(35)24-9-7-5-6-8-10-24)15-17-26(27)32-30(34)33-29(36)25-13-11-22(20-31)12-14-25;1-2/h11-18,21,24,26H,3-10,19H2,1-2H3,(H,32,33,36);2H,1H3. The van der Waals surface area contributed by atoms with Crippen LogP contribution in [-0.2, 0) is 4.79 Å². The third-order valence-corrected chi connectivity index (χ3v) is 7.47. The second-order valence-corrected chi connectivity index (χ2v) is 9.98. The van der Waals surface area contributed by atoms with Crippen molar-refractivity contribution >= 4 is 17.6 Å². The van der Waals surface area contributed by atoms with Crippen molar-refractivity contribution < 1.29 is 14.7 Å². The molecule has 7 heteroatoms. The molecule has 0 aromatic heterocycles. The number of amides is 1. The molecule has 1 fully saturated rings. The summed E-state index contributed by atoms with van der Waals surface area (Å²) in [5, 5.41) is 19.0. The number of aliphatic imine (C=N–C) groups is 1. The van der Waals surface area contributed by atoms with E-state index in [9.17, 15) is 9.59 Å². The lowest BCUT2D eigenvalue weighted by atomic mass is 9.84. The predicted octanol–water partition coefficient (Wildman–Crippen LogP) is 5.29. The summed E-state index contributed by atoms with van der Waals surface area (Å²) in [5.41, 5.74) is 3.04. The van der Waals surface area contributed by atoms with Crippen LogP contribution in [0.3, 0.4) is 0 Å². The molecule has 3 aliphatic rings. The first-order chi connectivity index (χ1) is 18.5. The van der Waals surface area contributed by atoms with Crippen LogP contribution in [0.5, 0.6) is 0 Å². The SMILES string of the molecule is CCCCN1C2=CC=C(C(C)C(=O)C3CCCCCC3)C=CC2N=C1NC(=O)c1ccc(C#N)cc1.CO. The van der Waals surface area contributed by atoms with Crippen LogP contribution in [0.2, 0.25) is 0 Å². The van der Waals surface area contributed by atoms with E-state index in [1.807, 2.05) is 19.1 Å². The Morgan fingerprint density at radius 1 is 1.13 bits per heavy atom. The third-order valence-electron chi connectivity index (χ3n) is 7.47. The highest BCUT2D eigenvalue weighted by Crippen LogP contribution is 2.31. The van der Waals surface area contributed by atoms with Crippen LogP contribution >= 0.6 is 0 Å². The highest BCUT2D eigenvalue weighted by molar-refractivity contribution is 6.07. The zero-order chi connectivity index (χ0) is 27.5. The van der Waals surface area contributed by atoms with Gasteiger partial charge in [0.1, 0.15) is 11.8 Å². The molecule has 202 valence electrons. The summed E-state index contributed by atoms with van der Waals surface area (Å²) in [6, 6.07) is 8.45. The van der Waals surface area contributed by atoms with Crippen LogP contribution in [0, 0.1) is 23.2 Å². The Bertz CT molecular complexity index is 1130. The number of carbonyl (C=O) groups is 2. The maximum atomic E-state index is 13.3. The molecule has 2 unspecified atom stereocenters. The van der Waals surface area contributed by atoms with Gasteiger partial charge in [0.15, 0.2) is 0 Å². The highest BCUT2D eigenvalue weighted by Gasteiger charge is 2.32. The molecule has 1 aliphatic heterocycles. The quantitative estimate of drug-likeness (QED) is 0.479. The summed E-state index contributed by atoms with van der Waals surface area (Å²) in [5.74, 6) is 0.691. The number of hydrogen-bond acceptors (Lipinski definition) is 6. The minimum Gasteiger partial charge on any atom is -0.400 e. The fourth-order valence-corrected chi connectivity index (χ4v) is 5.21. The molecule has 1 amide bonds. The van der Waals surface area contributed by atoms with E-state index in [4.69, 9.17) is 15.4 Å². The average Bonchev–Trinajstić information content (AvgIpc) is 3.16. The van der Waals surface area contributed by atoms with Gasteiger partial charge in [-0.2, -0.15) is 5.26 Å². The molecule has 1 heterocycles. The molecular formula is C31H40N4O3. The van der Waals surface area contributed by atoms with Crippen LogP contribution in [0.1, 0.15) is 81.1 Å². The monoisotopic (exact) mass is 516 g/mol. The van der Waals surface area contributed by atoms with Gasteiger partial charge in [-0.25, -0.2) is 4.99 Å². The number of allylic oxidation sites excluding steroid dienone is 4. The summed E-state index contributed by atoms with van der Waals surface area (Å²) >= 11 is 0. The Hall–Kier alpha value is -3.50. The van der Waals surface area contributed by atoms with E-state index in [0.717, 1.165) is 63.4 Å². The van der Waals surface area contributed by atoms with Crippen molar-refractivity contribution in [3.8, 4) is 6.07 Å². The number of guanidine groups is 1. The van der Waals surface area contributed by atoms with E-state index in [-0.39, 0.29) is 23.8 Å². The van der Waals surface area contributed by atoms with E-state index < -0.39 is 0 Å². The van der Waals surface area contributed by atoms with Crippen LogP contribution in [0.4, 0.5) is 0 Å². The number of nitrogens with zero attached hydrogens (tertiary/aromatic N) is 3. The van der Waals surface area contributed by atoms with Crippen molar-refractivity contribution in [1.82, 2.24) is 10.2 Å². The molecule has 4 rings (SSSR count). The number of nitrogens with one attached hydrogen (secondary N) is 1. The van der Waals surface area contributed by atoms with Crippen LogP contribution in [0.25, 0.3) is 0 Å². The smallest absolute Gasteiger partial charge is 0.257 e. The number of Topliss-reactive ketones (excluding diaryl/α,β-unsaturated/α-hetero) is 1. The number of ketones is 1. The Morgan fingerprint density at radius 3 is 2.45 bits per heavy atom. The van der Waals surface area contributed by atoms with Crippen molar-refractivity contribution in [3.63, 3.8) is 0 Å². The second kappa shape index (κ2) is 14.4. The van der Waals surface area contributed by atoms with E-state index in [1.54, 1.807) is 24.3 Å². The maximum Gasteiger partial charge on any atom is 0.257 e. The number of aliphatic hydroxyl groups is 1. The summed E-state index contributed by atoms with van der Waals surface area (Å²) in [6.07, 6.45) is 17.0. The molecule has 2 N–H and O–H groups in total. The summed E-state index contributed by atoms with van der Waals surface area (Å²) in [4.78, 5) is 33.1. The van der Waals surface area contributed by atoms with Crippen LogP contribution in [0.15, 0.2) is 64.8 Å². The topological polar surface area (TPSA) is 106 Å². The summed E-state index contributed by atoms with van der Waals surface area (Å²) < 4.78 is 0. The number of hydrogen-bond donors (Lipinski definition) is 2. The Morgan fingerprint density at radius 2 is 1.82 bits per heavy atom. The number of aliphatic hydroxyl groups excluding tert-OH is 1.